The minimum absolute atomic E-state index is 0.143. The Morgan fingerprint density at radius 3 is 2.50 bits per heavy atom. The Balaban J connectivity index is 1.18. The molecule has 1 aliphatic carbocycles. The molecule has 0 bridgehead atoms. The van der Waals surface area contributed by atoms with Crippen LogP contribution in [0.15, 0.2) is 48.9 Å². The molecule has 0 saturated heterocycles. The highest BCUT2D eigenvalue weighted by molar-refractivity contribution is 5.94. The fraction of sp³-hybridized carbons (Fsp3) is 0.320. The summed E-state index contributed by atoms with van der Waals surface area (Å²) in [4.78, 5) is 12.3. The third-order valence-corrected chi connectivity index (χ3v) is 6.58. The summed E-state index contributed by atoms with van der Waals surface area (Å²) in [6.07, 6.45) is 9.61. The van der Waals surface area contributed by atoms with Gasteiger partial charge in [-0.15, -0.1) is 0 Å². The van der Waals surface area contributed by atoms with Crippen LogP contribution in [-0.2, 0) is 7.05 Å². The SMILES string of the molecule is Cn1cc(-c2ccc3cn([C@H]4CC[C@H](CNC(=O)c5cc(F)c(O)c(F)c5)CC4)nc3c2)cn1. The van der Waals surface area contributed by atoms with Gasteiger partial charge >= 0.3 is 0 Å². The van der Waals surface area contributed by atoms with Crippen molar-refractivity contribution in [3.63, 3.8) is 0 Å². The maximum atomic E-state index is 13.5. The molecule has 0 aliphatic heterocycles. The number of phenolic OH excluding ortho intramolecular Hbond substituents is 1. The molecular formula is C25H25F2N5O2. The zero-order valence-corrected chi connectivity index (χ0v) is 18.7. The number of phenols is 1. The Morgan fingerprint density at radius 1 is 1.09 bits per heavy atom. The van der Waals surface area contributed by atoms with Crippen molar-refractivity contribution in [3.05, 3.63) is 66.1 Å². The fourth-order valence-corrected chi connectivity index (χ4v) is 4.62. The van der Waals surface area contributed by atoms with Gasteiger partial charge in [0.25, 0.3) is 5.91 Å². The lowest BCUT2D eigenvalue weighted by molar-refractivity contribution is 0.0940. The first kappa shape index (κ1) is 22.1. The van der Waals surface area contributed by atoms with E-state index in [-0.39, 0.29) is 11.5 Å². The van der Waals surface area contributed by atoms with Gasteiger partial charge in [-0.2, -0.15) is 10.2 Å². The lowest BCUT2D eigenvalue weighted by Gasteiger charge is -2.28. The van der Waals surface area contributed by atoms with Crippen LogP contribution in [0.1, 0.15) is 42.1 Å². The minimum Gasteiger partial charge on any atom is -0.503 e. The fourth-order valence-electron chi connectivity index (χ4n) is 4.62. The number of amides is 1. The van der Waals surface area contributed by atoms with Crippen molar-refractivity contribution in [1.82, 2.24) is 24.9 Å². The Morgan fingerprint density at radius 2 is 1.82 bits per heavy atom. The first-order valence-corrected chi connectivity index (χ1v) is 11.3. The molecule has 2 heterocycles. The van der Waals surface area contributed by atoms with Gasteiger partial charge in [0.15, 0.2) is 17.4 Å². The molecule has 4 aromatic rings. The van der Waals surface area contributed by atoms with Crippen LogP contribution >= 0.6 is 0 Å². The first-order valence-electron chi connectivity index (χ1n) is 11.3. The van der Waals surface area contributed by atoms with Crippen LogP contribution in [0.4, 0.5) is 8.78 Å². The van der Waals surface area contributed by atoms with E-state index < -0.39 is 23.3 Å². The Hall–Kier alpha value is -3.75. The number of carbonyl (C=O) groups excluding carboxylic acids is 1. The van der Waals surface area contributed by atoms with Gasteiger partial charge in [0.05, 0.1) is 17.8 Å². The van der Waals surface area contributed by atoms with Crippen LogP contribution in [0, 0.1) is 17.6 Å². The summed E-state index contributed by atoms with van der Waals surface area (Å²) < 4.78 is 30.8. The summed E-state index contributed by atoms with van der Waals surface area (Å²) in [5.41, 5.74) is 2.94. The predicted octanol–water partition coefficient (Wildman–Crippen LogP) is 4.58. The molecule has 0 radical (unpaired) electrons. The smallest absolute Gasteiger partial charge is 0.251 e. The zero-order valence-electron chi connectivity index (χ0n) is 18.7. The van der Waals surface area contributed by atoms with E-state index in [1.807, 2.05) is 19.4 Å². The number of aryl methyl sites for hydroxylation is 1. The third-order valence-electron chi connectivity index (χ3n) is 6.58. The Labute approximate surface area is 195 Å². The predicted molar refractivity (Wildman–Crippen MR) is 123 cm³/mol. The van der Waals surface area contributed by atoms with Crippen LogP contribution < -0.4 is 5.32 Å². The molecule has 2 aromatic carbocycles. The molecule has 7 nitrogen and oxygen atoms in total. The molecule has 1 saturated carbocycles. The molecule has 2 N–H and O–H groups in total. The molecule has 1 amide bonds. The number of nitrogens with zero attached hydrogens (tertiary/aromatic N) is 4. The van der Waals surface area contributed by atoms with E-state index in [4.69, 9.17) is 5.10 Å². The number of aromatic nitrogens is 4. The second-order valence-corrected chi connectivity index (χ2v) is 8.96. The minimum atomic E-state index is -1.15. The molecular weight excluding hydrogens is 440 g/mol. The first-order chi connectivity index (χ1) is 16.4. The van der Waals surface area contributed by atoms with Gasteiger partial charge in [0.1, 0.15) is 0 Å². The monoisotopic (exact) mass is 465 g/mol. The normalized spacial score (nSPS) is 18.3. The van der Waals surface area contributed by atoms with Crippen molar-refractivity contribution >= 4 is 16.8 Å². The molecule has 5 rings (SSSR count). The van der Waals surface area contributed by atoms with E-state index in [0.717, 1.165) is 59.8 Å². The number of halogens is 2. The van der Waals surface area contributed by atoms with Gasteiger partial charge < -0.3 is 10.4 Å². The van der Waals surface area contributed by atoms with Crippen LogP contribution in [0.2, 0.25) is 0 Å². The van der Waals surface area contributed by atoms with Gasteiger partial charge in [-0.3, -0.25) is 14.2 Å². The van der Waals surface area contributed by atoms with Crippen LogP contribution in [0.25, 0.3) is 22.0 Å². The summed E-state index contributed by atoms with van der Waals surface area (Å²) in [5, 5.41) is 22.1. The van der Waals surface area contributed by atoms with E-state index in [0.29, 0.717) is 12.6 Å². The van der Waals surface area contributed by atoms with Crippen LogP contribution in [0.3, 0.4) is 0 Å². The van der Waals surface area contributed by atoms with E-state index in [9.17, 15) is 18.7 Å². The summed E-state index contributed by atoms with van der Waals surface area (Å²) in [5.74, 6) is -3.64. The van der Waals surface area contributed by atoms with Crippen LogP contribution in [-0.4, -0.2) is 37.1 Å². The highest BCUT2D eigenvalue weighted by Gasteiger charge is 2.24. The van der Waals surface area contributed by atoms with Crippen LogP contribution in [0.5, 0.6) is 5.75 Å². The molecule has 2 aromatic heterocycles. The highest BCUT2D eigenvalue weighted by atomic mass is 19.1. The van der Waals surface area contributed by atoms with E-state index >= 15 is 0 Å². The largest absolute Gasteiger partial charge is 0.503 e. The number of fused-ring (bicyclic) bond motifs is 1. The zero-order chi connectivity index (χ0) is 23.8. The van der Waals surface area contributed by atoms with Gasteiger partial charge in [0.2, 0.25) is 0 Å². The number of benzene rings is 2. The maximum absolute atomic E-state index is 13.5. The maximum Gasteiger partial charge on any atom is 0.251 e. The van der Waals surface area contributed by atoms with Gasteiger partial charge in [0, 0.05) is 42.5 Å². The van der Waals surface area contributed by atoms with E-state index in [1.54, 1.807) is 4.68 Å². The molecule has 34 heavy (non-hydrogen) atoms. The Bertz CT molecular complexity index is 1330. The lowest BCUT2D eigenvalue weighted by atomic mass is 9.86. The molecule has 9 heteroatoms. The molecule has 1 aliphatic rings. The van der Waals surface area contributed by atoms with Gasteiger partial charge in [-0.05, 0) is 55.4 Å². The number of hydrogen-bond donors (Lipinski definition) is 2. The second kappa shape index (κ2) is 8.89. The van der Waals surface area contributed by atoms with Gasteiger partial charge in [-0.1, -0.05) is 12.1 Å². The number of rotatable bonds is 5. The number of hydrogen-bond acceptors (Lipinski definition) is 4. The van der Waals surface area contributed by atoms with Crippen molar-refractivity contribution in [2.45, 2.75) is 31.7 Å². The van der Waals surface area contributed by atoms with Crippen molar-refractivity contribution in [2.24, 2.45) is 13.0 Å². The topological polar surface area (TPSA) is 85.0 Å². The molecule has 176 valence electrons. The van der Waals surface area contributed by atoms with Crippen molar-refractivity contribution < 1.29 is 18.7 Å². The number of nitrogens with one attached hydrogen (secondary N) is 1. The summed E-state index contributed by atoms with van der Waals surface area (Å²) >= 11 is 0. The lowest BCUT2D eigenvalue weighted by Crippen LogP contribution is -2.31. The molecule has 0 unspecified atom stereocenters. The molecule has 0 spiro atoms. The van der Waals surface area contributed by atoms with Crippen molar-refractivity contribution in [1.29, 1.82) is 0 Å². The second-order valence-electron chi connectivity index (χ2n) is 8.96. The standard InChI is InChI=1S/C25H25F2N5O2/c1-31-13-19(12-29-31)16-4-5-17-14-32(30-23(17)10-16)20-6-2-15(3-7-20)11-28-25(34)18-8-21(26)24(33)22(27)9-18/h4-5,8-10,12-15,20,33H,2-3,6-7,11H2,1H3,(H,28,34)/t15-,20-. The molecule has 0 atom stereocenters. The third kappa shape index (κ3) is 4.37. The Kier molecular flexibility index (Phi) is 5.77. The van der Waals surface area contributed by atoms with Crippen molar-refractivity contribution in [2.75, 3.05) is 6.54 Å². The van der Waals surface area contributed by atoms with E-state index in [2.05, 4.69) is 39.5 Å². The number of aromatic hydroxyl groups is 1. The van der Waals surface area contributed by atoms with Crippen molar-refractivity contribution in [3.8, 4) is 16.9 Å². The quantitative estimate of drug-likeness (QED) is 0.452. The summed E-state index contributed by atoms with van der Waals surface area (Å²) in [6.45, 7) is 0.436. The molecule has 1 fully saturated rings. The highest BCUT2D eigenvalue weighted by Crippen LogP contribution is 2.33. The average Bonchev–Trinajstić information content (AvgIpc) is 3.46. The number of carbonyl (C=O) groups is 1. The summed E-state index contributed by atoms with van der Waals surface area (Å²) in [7, 11) is 1.89. The summed E-state index contributed by atoms with van der Waals surface area (Å²) in [6, 6.07) is 8.22. The van der Waals surface area contributed by atoms with E-state index in [1.165, 1.54) is 0 Å². The average molecular weight is 466 g/mol. The van der Waals surface area contributed by atoms with Gasteiger partial charge in [-0.25, -0.2) is 8.78 Å².